The van der Waals surface area contributed by atoms with Crippen molar-refractivity contribution < 1.29 is 18.3 Å². The lowest BCUT2D eigenvalue weighted by Crippen LogP contribution is -2.26. The number of anilines is 2. The molecule has 0 unspecified atom stereocenters. The third-order valence-electron chi connectivity index (χ3n) is 3.66. The first kappa shape index (κ1) is 17.2. The van der Waals surface area contributed by atoms with Gasteiger partial charge in [0.05, 0.1) is 17.1 Å². The third-order valence-corrected chi connectivity index (χ3v) is 5.14. The number of aliphatic hydroxyl groups is 1. The van der Waals surface area contributed by atoms with Crippen molar-refractivity contribution in [1.82, 2.24) is 4.72 Å². The Morgan fingerprint density at radius 2 is 1.80 bits per heavy atom. The highest BCUT2D eigenvalue weighted by molar-refractivity contribution is 7.89. The first-order chi connectivity index (χ1) is 12.0. The van der Waals surface area contributed by atoms with Crippen LogP contribution in [0.25, 0.3) is 5.57 Å². The van der Waals surface area contributed by atoms with Gasteiger partial charge in [-0.15, -0.1) is 0 Å². The molecule has 1 amide bonds. The molecule has 4 N–H and O–H groups in total. The van der Waals surface area contributed by atoms with Gasteiger partial charge in [-0.25, -0.2) is 13.1 Å². The van der Waals surface area contributed by atoms with E-state index in [1.807, 2.05) is 24.3 Å². The molecular weight excluding hydrogens is 342 g/mol. The van der Waals surface area contributed by atoms with Crippen LogP contribution in [0.2, 0.25) is 0 Å². The Kier molecular flexibility index (Phi) is 4.84. The van der Waals surface area contributed by atoms with E-state index in [1.54, 1.807) is 18.3 Å². The number of rotatable bonds is 6. The minimum Gasteiger partial charge on any atom is -0.395 e. The van der Waals surface area contributed by atoms with Crippen LogP contribution in [0.1, 0.15) is 5.56 Å². The molecule has 0 bridgehead atoms. The number of sulfonamides is 1. The molecule has 0 aromatic heterocycles. The van der Waals surface area contributed by atoms with Gasteiger partial charge in [-0.2, -0.15) is 0 Å². The lowest BCUT2D eigenvalue weighted by molar-refractivity contribution is -0.110. The van der Waals surface area contributed by atoms with Gasteiger partial charge in [0, 0.05) is 29.7 Å². The molecule has 0 saturated carbocycles. The number of amides is 1. The normalized spacial score (nSPS) is 15.1. The SMILES string of the molecule is O=C1Nc2ccccc2/C1=C/Nc1ccc(S(=O)(=O)NCCO)cc1. The summed E-state index contributed by atoms with van der Waals surface area (Å²) >= 11 is 0. The summed E-state index contributed by atoms with van der Waals surface area (Å²) in [5.41, 5.74) is 2.73. The maximum Gasteiger partial charge on any atom is 0.257 e. The molecule has 25 heavy (non-hydrogen) atoms. The Morgan fingerprint density at radius 3 is 2.52 bits per heavy atom. The van der Waals surface area contributed by atoms with Gasteiger partial charge in [0.15, 0.2) is 0 Å². The summed E-state index contributed by atoms with van der Waals surface area (Å²) in [6, 6.07) is 13.5. The molecule has 0 saturated heterocycles. The van der Waals surface area contributed by atoms with Gasteiger partial charge in [-0.05, 0) is 30.3 Å². The molecule has 1 heterocycles. The van der Waals surface area contributed by atoms with E-state index >= 15 is 0 Å². The van der Waals surface area contributed by atoms with Crippen molar-refractivity contribution in [3.05, 3.63) is 60.3 Å². The van der Waals surface area contributed by atoms with Crippen molar-refractivity contribution >= 4 is 32.9 Å². The Balaban J connectivity index is 1.76. The van der Waals surface area contributed by atoms with E-state index in [2.05, 4.69) is 15.4 Å². The van der Waals surface area contributed by atoms with Gasteiger partial charge in [-0.1, -0.05) is 18.2 Å². The zero-order valence-corrected chi connectivity index (χ0v) is 14.0. The zero-order valence-electron chi connectivity index (χ0n) is 13.2. The van der Waals surface area contributed by atoms with Crippen molar-refractivity contribution in [1.29, 1.82) is 0 Å². The number of carbonyl (C=O) groups excluding carboxylic acids is 1. The Morgan fingerprint density at radius 1 is 1.08 bits per heavy atom. The third kappa shape index (κ3) is 3.71. The second-order valence-corrected chi connectivity index (χ2v) is 7.11. The highest BCUT2D eigenvalue weighted by Gasteiger charge is 2.23. The van der Waals surface area contributed by atoms with Crippen molar-refractivity contribution in [2.24, 2.45) is 0 Å². The number of hydrogen-bond acceptors (Lipinski definition) is 5. The van der Waals surface area contributed by atoms with E-state index in [0.717, 1.165) is 11.3 Å². The van der Waals surface area contributed by atoms with E-state index < -0.39 is 10.0 Å². The second kappa shape index (κ2) is 7.06. The quantitative estimate of drug-likeness (QED) is 0.583. The fourth-order valence-electron chi connectivity index (χ4n) is 2.43. The minimum atomic E-state index is -3.64. The van der Waals surface area contributed by atoms with Crippen LogP contribution in [0.4, 0.5) is 11.4 Å². The molecule has 7 nitrogen and oxygen atoms in total. The van der Waals surface area contributed by atoms with E-state index in [9.17, 15) is 13.2 Å². The molecule has 2 aromatic rings. The Bertz CT molecular complexity index is 921. The number of hydrogen-bond donors (Lipinski definition) is 4. The zero-order chi connectivity index (χ0) is 17.9. The van der Waals surface area contributed by atoms with Gasteiger partial charge in [-0.3, -0.25) is 4.79 Å². The number of para-hydroxylation sites is 1. The molecule has 1 aliphatic heterocycles. The lowest BCUT2D eigenvalue weighted by Gasteiger charge is -2.07. The van der Waals surface area contributed by atoms with E-state index in [1.165, 1.54) is 12.1 Å². The average Bonchev–Trinajstić information content (AvgIpc) is 2.94. The summed E-state index contributed by atoms with van der Waals surface area (Å²) in [6.45, 7) is -0.307. The number of nitrogens with one attached hydrogen (secondary N) is 3. The average molecular weight is 359 g/mol. The Hall–Kier alpha value is -2.68. The maximum atomic E-state index is 12.0. The van der Waals surface area contributed by atoms with E-state index in [0.29, 0.717) is 11.3 Å². The second-order valence-electron chi connectivity index (χ2n) is 5.35. The molecule has 0 spiro atoms. The van der Waals surface area contributed by atoms with Gasteiger partial charge in [0.25, 0.3) is 5.91 Å². The van der Waals surface area contributed by atoms with Crippen LogP contribution in [-0.2, 0) is 14.8 Å². The van der Waals surface area contributed by atoms with Crippen LogP contribution >= 0.6 is 0 Å². The van der Waals surface area contributed by atoms with Gasteiger partial charge in [0.2, 0.25) is 10.0 Å². The fraction of sp³-hybridized carbons (Fsp3) is 0.118. The first-order valence-electron chi connectivity index (χ1n) is 7.59. The summed E-state index contributed by atoms with van der Waals surface area (Å²) in [6.07, 6.45) is 1.59. The van der Waals surface area contributed by atoms with Crippen LogP contribution in [-0.4, -0.2) is 32.6 Å². The van der Waals surface area contributed by atoms with Crippen molar-refractivity contribution in [2.45, 2.75) is 4.90 Å². The topological polar surface area (TPSA) is 108 Å². The highest BCUT2D eigenvalue weighted by Crippen LogP contribution is 2.31. The van der Waals surface area contributed by atoms with Gasteiger partial charge >= 0.3 is 0 Å². The molecule has 0 fully saturated rings. The lowest BCUT2D eigenvalue weighted by atomic mass is 10.1. The summed E-state index contributed by atoms with van der Waals surface area (Å²) in [5, 5.41) is 14.5. The summed E-state index contributed by atoms with van der Waals surface area (Å²) < 4.78 is 26.2. The van der Waals surface area contributed by atoms with Gasteiger partial charge in [0.1, 0.15) is 0 Å². The predicted octanol–water partition coefficient (Wildman–Crippen LogP) is 1.36. The van der Waals surface area contributed by atoms with E-state index in [4.69, 9.17) is 5.11 Å². The first-order valence-corrected chi connectivity index (χ1v) is 9.07. The minimum absolute atomic E-state index is 0.0387. The van der Waals surface area contributed by atoms with Crippen molar-refractivity contribution in [2.75, 3.05) is 23.8 Å². The number of fused-ring (bicyclic) bond motifs is 1. The summed E-state index contributed by atoms with van der Waals surface area (Å²) in [4.78, 5) is 12.1. The summed E-state index contributed by atoms with van der Waals surface area (Å²) in [7, 11) is -3.64. The van der Waals surface area contributed by atoms with Gasteiger partial charge < -0.3 is 15.7 Å². The molecule has 0 aliphatic carbocycles. The molecule has 130 valence electrons. The van der Waals surface area contributed by atoms with Crippen LogP contribution in [0, 0.1) is 0 Å². The van der Waals surface area contributed by atoms with Crippen molar-refractivity contribution in [3.8, 4) is 0 Å². The standard InChI is InChI=1S/C17H17N3O4S/c21-10-9-19-25(23,24)13-7-5-12(6-8-13)18-11-15-14-3-1-2-4-16(14)20-17(15)22/h1-8,11,18-19,21H,9-10H2,(H,20,22)/b15-11-. The van der Waals surface area contributed by atoms with Crippen LogP contribution in [0.5, 0.6) is 0 Å². The van der Waals surface area contributed by atoms with Crippen LogP contribution in [0.15, 0.2) is 59.6 Å². The van der Waals surface area contributed by atoms with E-state index in [-0.39, 0.29) is 24.0 Å². The largest absolute Gasteiger partial charge is 0.395 e. The smallest absolute Gasteiger partial charge is 0.257 e. The molecular formula is C17H17N3O4S. The number of benzene rings is 2. The van der Waals surface area contributed by atoms with Crippen LogP contribution < -0.4 is 15.4 Å². The van der Waals surface area contributed by atoms with Crippen LogP contribution in [0.3, 0.4) is 0 Å². The maximum absolute atomic E-state index is 12.0. The van der Waals surface area contributed by atoms with Crippen molar-refractivity contribution in [3.63, 3.8) is 0 Å². The molecule has 2 aromatic carbocycles. The number of carbonyl (C=O) groups is 1. The molecule has 0 radical (unpaired) electrons. The Labute approximate surface area is 145 Å². The monoisotopic (exact) mass is 359 g/mol. The summed E-state index contributed by atoms with van der Waals surface area (Å²) in [5.74, 6) is -0.193. The molecule has 8 heteroatoms. The molecule has 0 atom stereocenters. The fourth-order valence-corrected chi connectivity index (χ4v) is 3.45. The molecule has 1 aliphatic rings. The predicted molar refractivity (Wildman–Crippen MR) is 95.4 cm³/mol. The molecule has 3 rings (SSSR count). The highest BCUT2D eigenvalue weighted by atomic mass is 32.2. The number of aliphatic hydroxyl groups excluding tert-OH is 1.